The molecule has 1 aromatic heterocycles. The Morgan fingerprint density at radius 1 is 1.12 bits per heavy atom. The van der Waals surface area contributed by atoms with Gasteiger partial charge in [0.2, 0.25) is 0 Å². The van der Waals surface area contributed by atoms with Crippen molar-refractivity contribution in [3.05, 3.63) is 60.0 Å². The van der Waals surface area contributed by atoms with Gasteiger partial charge in [0.25, 0.3) is 5.91 Å². The lowest BCUT2D eigenvalue weighted by molar-refractivity contribution is 0.0900. The third-order valence-electron chi connectivity index (χ3n) is 4.24. The average Bonchev–Trinajstić information content (AvgIpc) is 3.08. The van der Waals surface area contributed by atoms with Crippen LogP contribution < -0.4 is 5.32 Å². The Morgan fingerprint density at radius 2 is 1.85 bits per heavy atom. The number of aromatic amines is 1. The van der Waals surface area contributed by atoms with Crippen LogP contribution in [0.5, 0.6) is 0 Å². The molecule has 0 aliphatic heterocycles. The minimum Gasteiger partial charge on any atom is -0.396 e. The van der Waals surface area contributed by atoms with Crippen molar-refractivity contribution in [1.29, 1.82) is 0 Å². The predicted molar refractivity (Wildman–Crippen MR) is 98.4 cm³/mol. The fraction of sp³-hybridized carbons (Fsp3) is 0.250. The van der Waals surface area contributed by atoms with Crippen molar-refractivity contribution in [2.24, 2.45) is 0 Å². The molecule has 0 saturated carbocycles. The number of aliphatic hydroxyl groups excluding tert-OH is 2. The van der Waals surface area contributed by atoms with E-state index in [0.29, 0.717) is 18.5 Å². The number of carbonyl (C=O) groups is 1. The number of halogens is 1. The van der Waals surface area contributed by atoms with Crippen LogP contribution >= 0.6 is 0 Å². The van der Waals surface area contributed by atoms with Crippen molar-refractivity contribution in [3.63, 3.8) is 0 Å². The van der Waals surface area contributed by atoms with Crippen molar-refractivity contribution >= 4 is 16.8 Å². The van der Waals surface area contributed by atoms with Gasteiger partial charge in [-0.3, -0.25) is 4.79 Å². The van der Waals surface area contributed by atoms with Crippen LogP contribution in [-0.4, -0.2) is 40.4 Å². The van der Waals surface area contributed by atoms with Crippen LogP contribution in [-0.2, 0) is 0 Å². The van der Waals surface area contributed by atoms with Gasteiger partial charge in [0.15, 0.2) is 0 Å². The maximum absolute atomic E-state index is 13.1. The number of aliphatic hydroxyl groups is 2. The number of H-pyrrole nitrogens is 1. The molecule has 0 saturated heterocycles. The van der Waals surface area contributed by atoms with Gasteiger partial charge in [-0.1, -0.05) is 18.2 Å². The van der Waals surface area contributed by atoms with E-state index in [9.17, 15) is 14.3 Å². The summed E-state index contributed by atoms with van der Waals surface area (Å²) in [5.74, 6) is -0.579. The third-order valence-corrected chi connectivity index (χ3v) is 4.24. The highest BCUT2D eigenvalue weighted by Gasteiger charge is 2.12. The lowest BCUT2D eigenvalue weighted by Gasteiger charge is -2.10. The summed E-state index contributed by atoms with van der Waals surface area (Å²) in [6.45, 7) is 0.151. The summed E-state index contributed by atoms with van der Waals surface area (Å²) in [5.41, 5.74) is 3.06. The quantitative estimate of drug-likeness (QED) is 0.525. The van der Waals surface area contributed by atoms with Crippen LogP contribution in [0.25, 0.3) is 22.0 Å². The Bertz CT molecular complexity index is 890. The molecule has 0 fully saturated rings. The molecule has 3 rings (SSSR count). The number of carbonyl (C=O) groups excluding carboxylic acids is 1. The van der Waals surface area contributed by atoms with Crippen LogP contribution in [0.2, 0.25) is 0 Å². The van der Waals surface area contributed by atoms with Gasteiger partial charge in [-0.05, 0) is 54.3 Å². The first-order valence-electron chi connectivity index (χ1n) is 8.52. The lowest BCUT2D eigenvalue weighted by atomic mass is 10.0. The van der Waals surface area contributed by atoms with Crippen LogP contribution in [0, 0.1) is 5.82 Å². The molecule has 1 amide bonds. The van der Waals surface area contributed by atoms with Gasteiger partial charge >= 0.3 is 0 Å². The van der Waals surface area contributed by atoms with Crippen molar-refractivity contribution in [3.8, 4) is 11.1 Å². The average molecular weight is 356 g/mol. The Hall–Kier alpha value is -2.70. The third kappa shape index (κ3) is 4.28. The topological polar surface area (TPSA) is 85.3 Å². The molecule has 0 radical (unpaired) electrons. The van der Waals surface area contributed by atoms with Crippen LogP contribution in [0.15, 0.2) is 48.5 Å². The maximum atomic E-state index is 13.1. The van der Waals surface area contributed by atoms with E-state index in [1.165, 1.54) is 12.1 Å². The van der Waals surface area contributed by atoms with Crippen molar-refractivity contribution in [2.75, 3.05) is 13.2 Å². The Morgan fingerprint density at radius 3 is 2.58 bits per heavy atom. The largest absolute Gasteiger partial charge is 0.396 e. The molecule has 136 valence electrons. The summed E-state index contributed by atoms with van der Waals surface area (Å²) in [6.07, 6.45) is 0.251. The highest BCUT2D eigenvalue weighted by molar-refractivity contribution is 5.98. The fourth-order valence-corrected chi connectivity index (χ4v) is 2.81. The number of amides is 1. The smallest absolute Gasteiger partial charge is 0.267 e. The summed E-state index contributed by atoms with van der Waals surface area (Å²) in [4.78, 5) is 15.3. The number of nitrogens with one attached hydrogen (secondary N) is 2. The van der Waals surface area contributed by atoms with E-state index in [4.69, 9.17) is 5.11 Å². The lowest BCUT2D eigenvalue weighted by Crippen LogP contribution is -2.32. The Kier molecular flexibility index (Phi) is 5.65. The predicted octanol–water partition coefficient (Wildman–Crippen LogP) is 2.84. The van der Waals surface area contributed by atoms with Gasteiger partial charge in [-0.15, -0.1) is 0 Å². The molecule has 4 N–H and O–H groups in total. The molecule has 1 atom stereocenters. The number of hydrogen-bond donors (Lipinski definition) is 4. The first-order valence-corrected chi connectivity index (χ1v) is 8.52. The second-order valence-electron chi connectivity index (χ2n) is 6.22. The maximum Gasteiger partial charge on any atom is 0.267 e. The van der Waals surface area contributed by atoms with E-state index in [1.807, 2.05) is 18.2 Å². The SMILES string of the molecule is O=C(NCC(O)CCCO)c1cc2cc(-c3ccc(F)cc3)ccc2[nH]1. The monoisotopic (exact) mass is 356 g/mol. The second kappa shape index (κ2) is 8.12. The molecule has 2 aromatic carbocycles. The van der Waals surface area contributed by atoms with Gasteiger partial charge in [-0.2, -0.15) is 0 Å². The first kappa shape index (κ1) is 18.1. The number of aromatic nitrogens is 1. The van der Waals surface area contributed by atoms with Crippen molar-refractivity contribution in [2.45, 2.75) is 18.9 Å². The zero-order valence-electron chi connectivity index (χ0n) is 14.2. The van der Waals surface area contributed by atoms with E-state index in [-0.39, 0.29) is 24.9 Å². The zero-order valence-corrected chi connectivity index (χ0v) is 14.2. The van der Waals surface area contributed by atoms with Crippen LogP contribution in [0.1, 0.15) is 23.3 Å². The van der Waals surface area contributed by atoms with Crippen LogP contribution in [0.4, 0.5) is 4.39 Å². The molecule has 0 bridgehead atoms. The standard InChI is InChI=1S/C20H21FN2O3/c21-16-6-3-13(4-7-16)14-5-8-18-15(10-14)11-19(23-18)20(26)22-12-17(25)2-1-9-24/h3-8,10-11,17,23-25H,1-2,9,12H2,(H,22,26). The molecule has 26 heavy (non-hydrogen) atoms. The van der Waals surface area contributed by atoms with Gasteiger partial charge in [0.05, 0.1) is 6.10 Å². The molecule has 0 aliphatic rings. The molecular formula is C20H21FN2O3. The molecule has 1 heterocycles. The minimum atomic E-state index is -0.680. The molecule has 3 aromatic rings. The summed E-state index contributed by atoms with van der Waals surface area (Å²) in [5, 5.41) is 22.0. The Labute approximate surface area is 150 Å². The number of fused-ring (bicyclic) bond motifs is 1. The van der Waals surface area contributed by atoms with Crippen molar-refractivity contribution in [1.82, 2.24) is 10.3 Å². The summed E-state index contributed by atoms with van der Waals surface area (Å²) < 4.78 is 13.1. The van der Waals surface area contributed by atoms with E-state index in [1.54, 1.807) is 18.2 Å². The van der Waals surface area contributed by atoms with E-state index in [0.717, 1.165) is 22.0 Å². The van der Waals surface area contributed by atoms with Gasteiger partial charge in [-0.25, -0.2) is 4.39 Å². The molecular weight excluding hydrogens is 335 g/mol. The fourth-order valence-electron chi connectivity index (χ4n) is 2.81. The normalized spacial score (nSPS) is 12.3. The van der Waals surface area contributed by atoms with E-state index in [2.05, 4.69) is 10.3 Å². The minimum absolute atomic E-state index is 0.0173. The zero-order chi connectivity index (χ0) is 18.5. The van der Waals surface area contributed by atoms with Crippen LogP contribution in [0.3, 0.4) is 0 Å². The van der Waals surface area contributed by atoms with Gasteiger partial charge in [0.1, 0.15) is 11.5 Å². The molecule has 0 spiro atoms. The van der Waals surface area contributed by atoms with Gasteiger partial charge < -0.3 is 20.5 Å². The highest BCUT2D eigenvalue weighted by Crippen LogP contribution is 2.25. The van der Waals surface area contributed by atoms with E-state index < -0.39 is 6.10 Å². The molecule has 5 nitrogen and oxygen atoms in total. The highest BCUT2D eigenvalue weighted by atomic mass is 19.1. The summed E-state index contributed by atoms with van der Waals surface area (Å²) in [7, 11) is 0. The van der Waals surface area contributed by atoms with E-state index >= 15 is 0 Å². The summed E-state index contributed by atoms with van der Waals surface area (Å²) >= 11 is 0. The molecule has 6 heteroatoms. The van der Waals surface area contributed by atoms with Gasteiger partial charge in [0, 0.05) is 24.1 Å². The Balaban J connectivity index is 1.72. The number of benzene rings is 2. The number of rotatable bonds is 7. The summed E-state index contributed by atoms with van der Waals surface area (Å²) in [6, 6.07) is 13.7. The van der Waals surface area contributed by atoms with Crippen molar-refractivity contribution < 1.29 is 19.4 Å². The molecule has 1 unspecified atom stereocenters. The molecule has 0 aliphatic carbocycles. The second-order valence-corrected chi connectivity index (χ2v) is 6.22. The first-order chi connectivity index (χ1) is 12.6. The number of hydrogen-bond acceptors (Lipinski definition) is 3.